The summed E-state index contributed by atoms with van der Waals surface area (Å²) in [4.78, 5) is 10.5. The van der Waals surface area contributed by atoms with Crippen molar-refractivity contribution in [2.45, 2.75) is 18.2 Å². The van der Waals surface area contributed by atoms with E-state index in [0.717, 1.165) is 78.7 Å². The zero-order valence-electron chi connectivity index (χ0n) is 33.0. The standard InChI is InChI=1S/C55H43N5/c1-7-19-38(20-8-1)48-34-45(35-49(56-48)39-21-9-2-10-22-39)44-31-46(52-36-50(40-23-11-3-12-24-40)57-54(59-52)42-27-15-5-16-28-42)33-47(32-44)53-37-51(41-25-13-4-14-26-41)58-55(60-53)43-29-17-6-18-30-43/h1-37,48,52,55-56,60H,(H,57,59). The molecule has 3 aliphatic rings. The van der Waals surface area contributed by atoms with Crippen molar-refractivity contribution < 1.29 is 0 Å². The molecule has 60 heavy (non-hydrogen) atoms. The third kappa shape index (κ3) is 7.89. The number of aliphatic imine (C=N–C) groups is 2. The van der Waals surface area contributed by atoms with E-state index < -0.39 is 0 Å². The van der Waals surface area contributed by atoms with E-state index in [-0.39, 0.29) is 18.2 Å². The Bertz CT molecular complexity index is 2810. The van der Waals surface area contributed by atoms with Crippen molar-refractivity contribution in [1.29, 1.82) is 0 Å². The highest BCUT2D eigenvalue weighted by Gasteiger charge is 2.25. The molecule has 7 aromatic carbocycles. The predicted octanol–water partition coefficient (Wildman–Crippen LogP) is 11.7. The summed E-state index contributed by atoms with van der Waals surface area (Å²) in [5.74, 6) is 0.836. The lowest BCUT2D eigenvalue weighted by atomic mass is 9.89. The van der Waals surface area contributed by atoms with Crippen LogP contribution in [0.4, 0.5) is 0 Å². The summed E-state index contributed by atoms with van der Waals surface area (Å²) >= 11 is 0. The Morgan fingerprint density at radius 3 is 1.53 bits per heavy atom. The van der Waals surface area contributed by atoms with Crippen LogP contribution in [0.3, 0.4) is 0 Å². The highest BCUT2D eigenvalue weighted by Crippen LogP contribution is 2.37. The maximum absolute atomic E-state index is 5.26. The molecular formula is C55H43N5. The largest absolute Gasteiger partial charge is 0.374 e. The molecule has 0 spiro atoms. The molecule has 0 amide bonds. The zero-order chi connectivity index (χ0) is 40.1. The SMILES string of the molecule is C1=C(c2cc(C3=CC(c4ccccc4)=NC(c4ccccc4)N3)cc(C3C=C(c4ccccc4)N=C(c4ccccc4)N3)c2)C=C(c2ccccc2)NC1c1ccccc1. The molecule has 3 heterocycles. The molecule has 7 aromatic rings. The Hall–Kier alpha value is -7.76. The average Bonchev–Trinajstić information content (AvgIpc) is 3.35. The van der Waals surface area contributed by atoms with Crippen LogP contribution in [0.1, 0.15) is 68.3 Å². The number of rotatable bonds is 9. The number of nitrogens with one attached hydrogen (secondary N) is 3. The van der Waals surface area contributed by atoms with Gasteiger partial charge >= 0.3 is 0 Å². The van der Waals surface area contributed by atoms with Gasteiger partial charge in [-0.25, -0.2) is 4.99 Å². The van der Waals surface area contributed by atoms with E-state index in [4.69, 9.17) is 9.98 Å². The quantitative estimate of drug-likeness (QED) is 0.137. The van der Waals surface area contributed by atoms with Crippen LogP contribution >= 0.6 is 0 Å². The van der Waals surface area contributed by atoms with Crippen molar-refractivity contribution in [3.05, 3.63) is 275 Å². The predicted molar refractivity (Wildman–Crippen MR) is 248 cm³/mol. The van der Waals surface area contributed by atoms with Crippen LogP contribution in [0.25, 0.3) is 22.7 Å². The van der Waals surface area contributed by atoms with Crippen LogP contribution < -0.4 is 16.0 Å². The third-order valence-corrected chi connectivity index (χ3v) is 11.2. The van der Waals surface area contributed by atoms with Gasteiger partial charge in [0.25, 0.3) is 0 Å². The molecule has 288 valence electrons. The maximum Gasteiger partial charge on any atom is 0.145 e. The third-order valence-electron chi connectivity index (χ3n) is 11.2. The lowest BCUT2D eigenvalue weighted by Crippen LogP contribution is -2.31. The van der Waals surface area contributed by atoms with Gasteiger partial charge in [0.05, 0.1) is 23.5 Å². The summed E-state index contributed by atoms with van der Waals surface area (Å²) in [6.45, 7) is 0. The molecule has 3 unspecified atom stereocenters. The fourth-order valence-corrected chi connectivity index (χ4v) is 8.08. The summed E-state index contributed by atoms with van der Waals surface area (Å²) in [6, 6.07) is 69.8. The number of allylic oxidation sites excluding steroid dienone is 3. The Morgan fingerprint density at radius 2 is 0.883 bits per heavy atom. The summed E-state index contributed by atoms with van der Waals surface area (Å²) in [5.41, 5.74) is 15.0. The fraction of sp³-hybridized carbons (Fsp3) is 0.0545. The van der Waals surface area contributed by atoms with Crippen LogP contribution in [0.5, 0.6) is 0 Å². The van der Waals surface area contributed by atoms with Gasteiger partial charge in [0.15, 0.2) is 0 Å². The van der Waals surface area contributed by atoms with Gasteiger partial charge in [0, 0.05) is 17.0 Å². The van der Waals surface area contributed by atoms with Crippen LogP contribution in [0.15, 0.2) is 234 Å². The molecule has 0 bridgehead atoms. The van der Waals surface area contributed by atoms with Crippen molar-refractivity contribution >= 4 is 34.2 Å². The van der Waals surface area contributed by atoms with Crippen LogP contribution in [-0.2, 0) is 0 Å². The molecule has 0 saturated heterocycles. The van der Waals surface area contributed by atoms with Crippen molar-refractivity contribution in [1.82, 2.24) is 16.0 Å². The number of amidine groups is 1. The Balaban J connectivity index is 1.16. The van der Waals surface area contributed by atoms with Crippen molar-refractivity contribution in [3.63, 3.8) is 0 Å². The van der Waals surface area contributed by atoms with E-state index in [9.17, 15) is 0 Å². The van der Waals surface area contributed by atoms with Crippen molar-refractivity contribution in [3.8, 4) is 0 Å². The Morgan fingerprint density at radius 1 is 0.367 bits per heavy atom. The number of dihydropyridines is 1. The summed E-state index contributed by atoms with van der Waals surface area (Å²) in [5, 5.41) is 11.5. The van der Waals surface area contributed by atoms with Gasteiger partial charge in [-0.2, -0.15) is 0 Å². The molecule has 10 rings (SSSR count). The Kier molecular flexibility index (Phi) is 10.1. The minimum atomic E-state index is -0.271. The first-order chi connectivity index (χ1) is 29.7. The van der Waals surface area contributed by atoms with Gasteiger partial charge < -0.3 is 16.0 Å². The highest BCUT2D eigenvalue weighted by atomic mass is 15.1. The highest BCUT2D eigenvalue weighted by molar-refractivity contribution is 6.13. The summed E-state index contributed by atoms with van der Waals surface area (Å²) in [6.07, 6.45) is 8.83. The number of benzene rings is 7. The van der Waals surface area contributed by atoms with E-state index in [1.807, 2.05) is 18.2 Å². The van der Waals surface area contributed by atoms with E-state index >= 15 is 0 Å². The van der Waals surface area contributed by atoms with Gasteiger partial charge in [-0.3, -0.25) is 4.99 Å². The molecule has 0 saturated carbocycles. The van der Waals surface area contributed by atoms with Gasteiger partial charge in [0.2, 0.25) is 0 Å². The molecule has 3 N–H and O–H groups in total. The van der Waals surface area contributed by atoms with Crippen LogP contribution in [0.2, 0.25) is 0 Å². The molecule has 0 fully saturated rings. The fourth-order valence-electron chi connectivity index (χ4n) is 8.08. The van der Waals surface area contributed by atoms with E-state index in [1.54, 1.807) is 0 Å². The van der Waals surface area contributed by atoms with Crippen LogP contribution in [-0.4, -0.2) is 11.5 Å². The lowest BCUT2D eigenvalue weighted by Gasteiger charge is -2.29. The molecule has 3 atom stereocenters. The second kappa shape index (κ2) is 16.6. The molecule has 0 aliphatic carbocycles. The summed E-state index contributed by atoms with van der Waals surface area (Å²) in [7, 11) is 0. The van der Waals surface area contributed by atoms with Gasteiger partial charge in [-0.05, 0) is 92.6 Å². The molecule has 5 heteroatoms. The first-order valence-electron chi connectivity index (χ1n) is 20.5. The van der Waals surface area contributed by atoms with Crippen LogP contribution in [0, 0.1) is 0 Å². The van der Waals surface area contributed by atoms with E-state index in [1.165, 1.54) is 5.56 Å². The van der Waals surface area contributed by atoms with Gasteiger partial charge in [-0.1, -0.05) is 182 Å². The van der Waals surface area contributed by atoms with Crippen molar-refractivity contribution in [2.24, 2.45) is 9.98 Å². The monoisotopic (exact) mass is 773 g/mol. The minimum Gasteiger partial charge on any atom is -0.374 e. The molecule has 0 radical (unpaired) electrons. The molecular weight excluding hydrogens is 731 g/mol. The van der Waals surface area contributed by atoms with Gasteiger partial charge in [-0.15, -0.1) is 0 Å². The minimum absolute atomic E-state index is 0.0333. The second-order valence-electron chi connectivity index (χ2n) is 15.2. The van der Waals surface area contributed by atoms with E-state index in [0.29, 0.717) is 0 Å². The second-order valence-corrected chi connectivity index (χ2v) is 15.2. The number of hydrogen-bond donors (Lipinski definition) is 3. The summed E-state index contributed by atoms with van der Waals surface area (Å²) < 4.78 is 0. The lowest BCUT2D eigenvalue weighted by molar-refractivity contribution is 0.664. The number of nitrogens with zero attached hydrogens (tertiary/aromatic N) is 2. The first kappa shape index (κ1) is 36.6. The first-order valence-corrected chi connectivity index (χ1v) is 20.5. The molecule has 5 nitrogen and oxygen atoms in total. The topological polar surface area (TPSA) is 60.8 Å². The maximum atomic E-state index is 5.26. The average molecular weight is 774 g/mol. The Labute approximate surface area is 351 Å². The van der Waals surface area contributed by atoms with Crippen molar-refractivity contribution in [2.75, 3.05) is 0 Å². The van der Waals surface area contributed by atoms with E-state index in [2.05, 4.69) is 222 Å². The number of hydrogen-bond acceptors (Lipinski definition) is 5. The molecule has 3 aliphatic heterocycles. The normalized spacial score (nSPS) is 18.5. The zero-order valence-corrected chi connectivity index (χ0v) is 33.0. The van der Waals surface area contributed by atoms with Gasteiger partial charge in [0.1, 0.15) is 12.0 Å². The smallest absolute Gasteiger partial charge is 0.145 e. The molecule has 0 aromatic heterocycles.